The second-order valence-corrected chi connectivity index (χ2v) is 3.43. The minimum absolute atomic E-state index is 0.144. The smallest absolute Gasteiger partial charge is 0.287 e. The first-order valence-corrected chi connectivity index (χ1v) is 4.14. The van der Waals surface area contributed by atoms with Crippen molar-refractivity contribution in [3.05, 3.63) is 34.6 Å². The molecule has 1 aromatic rings. The predicted molar refractivity (Wildman–Crippen MR) is 44.1 cm³/mol. The predicted octanol–water partition coefficient (Wildman–Crippen LogP) is 2.51. The van der Waals surface area contributed by atoms with Gasteiger partial charge < -0.3 is 0 Å². The Morgan fingerprint density at radius 1 is 1.36 bits per heavy atom. The number of alkyl halides is 2. The zero-order chi connectivity index (χ0) is 10.5. The standard InChI is InChI=1S/C10H7F3O/c1-5-2-3-7(11)6-4-10(12,13)9(14)8(5)6/h2-3H,4H2,1H3. The number of fused-ring (bicyclic) bond motifs is 1. The summed E-state index contributed by atoms with van der Waals surface area (Å²) >= 11 is 0. The molecule has 0 N–H and O–H groups in total. The summed E-state index contributed by atoms with van der Waals surface area (Å²) in [6.07, 6.45) is -0.811. The van der Waals surface area contributed by atoms with Gasteiger partial charge in [0.25, 0.3) is 0 Å². The van der Waals surface area contributed by atoms with E-state index in [4.69, 9.17) is 0 Å². The Morgan fingerprint density at radius 2 is 2.00 bits per heavy atom. The fraction of sp³-hybridized carbons (Fsp3) is 0.300. The van der Waals surface area contributed by atoms with Crippen molar-refractivity contribution in [3.63, 3.8) is 0 Å². The molecule has 0 spiro atoms. The number of halogens is 3. The summed E-state index contributed by atoms with van der Waals surface area (Å²) in [4.78, 5) is 11.2. The van der Waals surface area contributed by atoms with Crippen LogP contribution in [0.25, 0.3) is 0 Å². The molecular weight excluding hydrogens is 193 g/mol. The average Bonchev–Trinajstić information content (AvgIpc) is 2.33. The zero-order valence-electron chi connectivity index (χ0n) is 7.40. The molecule has 0 heterocycles. The highest BCUT2D eigenvalue weighted by Gasteiger charge is 2.48. The third-order valence-corrected chi connectivity index (χ3v) is 2.42. The Kier molecular flexibility index (Phi) is 1.71. The number of carbonyl (C=O) groups is 1. The van der Waals surface area contributed by atoms with Gasteiger partial charge >= 0.3 is 5.92 Å². The SMILES string of the molecule is Cc1ccc(F)c2c1C(=O)C(F)(F)C2. The van der Waals surface area contributed by atoms with Crippen molar-refractivity contribution in [3.8, 4) is 0 Å². The lowest BCUT2D eigenvalue weighted by Crippen LogP contribution is -2.24. The molecule has 0 saturated heterocycles. The minimum atomic E-state index is -3.44. The molecule has 0 saturated carbocycles. The van der Waals surface area contributed by atoms with Crippen LogP contribution in [0.4, 0.5) is 13.2 Å². The van der Waals surface area contributed by atoms with E-state index in [9.17, 15) is 18.0 Å². The molecule has 74 valence electrons. The van der Waals surface area contributed by atoms with Gasteiger partial charge in [0.2, 0.25) is 5.78 Å². The molecule has 0 bridgehead atoms. The molecule has 1 nitrogen and oxygen atoms in total. The van der Waals surface area contributed by atoms with E-state index in [1.54, 1.807) is 0 Å². The van der Waals surface area contributed by atoms with E-state index < -0.39 is 23.9 Å². The molecule has 0 fully saturated rings. The molecule has 1 aliphatic rings. The molecular formula is C10H7F3O. The van der Waals surface area contributed by atoms with Crippen molar-refractivity contribution in [2.75, 3.05) is 0 Å². The van der Waals surface area contributed by atoms with Gasteiger partial charge in [-0.1, -0.05) is 6.07 Å². The normalized spacial score (nSPS) is 18.4. The van der Waals surface area contributed by atoms with E-state index in [1.165, 1.54) is 13.0 Å². The largest absolute Gasteiger partial charge is 0.313 e. The van der Waals surface area contributed by atoms with Gasteiger partial charge in [-0.3, -0.25) is 4.79 Å². The monoisotopic (exact) mass is 200 g/mol. The Balaban J connectivity index is 2.70. The van der Waals surface area contributed by atoms with E-state index in [-0.39, 0.29) is 11.1 Å². The number of Topliss-reactive ketones (excluding diaryl/α,β-unsaturated/α-hetero) is 1. The van der Waals surface area contributed by atoms with Gasteiger partial charge in [0.15, 0.2) is 0 Å². The highest BCUT2D eigenvalue weighted by molar-refractivity contribution is 6.06. The van der Waals surface area contributed by atoms with Gasteiger partial charge in [0.05, 0.1) is 0 Å². The summed E-state index contributed by atoms with van der Waals surface area (Å²) in [6, 6.07) is 2.45. The van der Waals surface area contributed by atoms with Gasteiger partial charge in [0, 0.05) is 17.5 Å². The number of carbonyl (C=O) groups excluding carboxylic acids is 1. The first-order chi connectivity index (χ1) is 6.43. The average molecular weight is 200 g/mol. The summed E-state index contributed by atoms with van der Waals surface area (Å²) < 4.78 is 39.1. The molecule has 1 aliphatic carbocycles. The second-order valence-electron chi connectivity index (χ2n) is 3.43. The van der Waals surface area contributed by atoms with Crippen LogP contribution >= 0.6 is 0 Å². The third-order valence-electron chi connectivity index (χ3n) is 2.42. The Morgan fingerprint density at radius 3 is 2.57 bits per heavy atom. The third kappa shape index (κ3) is 1.06. The van der Waals surface area contributed by atoms with Gasteiger partial charge in [0.1, 0.15) is 5.82 Å². The van der Waals surface area contributed by atoms with Crippen molar-refractivity contribution < 1.29 is 18.0 Å². The van der Waals surface area contributed by atoms with Crippen LogP contribution < -0.4 is 0 Å². The number of aryl methyl sites for hydroxylation is 1. The van der Waals surface area contributed by atoms with E-state index in [0.717, 1.165) is 6.07 Å². The summed E-state index contributed by atoms with van der Waals surface area (Å²) in [5.74, 6) is -5.42. The number of hydrogen-bond acceptors (Lipinski definition) is 1. The van der Waals surface area contributed by atoms with Gasteiger partial charge in [-0.15, -0.1) is 0 Å². The Labute approximate surface area is 78.5 Å². The van der Waals surface area contributed by atoms with E-state index in [1.807, 2.05) is 0 Å². The molecule has 1 aromatic carbocycles. The van der Waals surface area contributed by atoms with Crippen molar-refractivity contribution in [1.82, 2.24) is 0 Å². The Hall–Kier alpha value is -1.32. The number of benzene rings is 1. The summed E-state index contributed by atoms with van der Waals surface area (Å²) in [5.41, 5.74) is 0.110. The maximum atomic E-state index is 13.1. The molecule has 2 rings (SSSR count). The van der Waals surface area contributed by atoms with Crippen LogP contribution in [0, 0.1) is 12.7 Å². The topological polar surface area (TPSA) is 17.1 Å². The molecule has 0 atom stereocenters. The Bertz CT molecular complexity index is 424. The van der Waals surface area contributed by atoms with Crippen molar-refractivity contribution >= 4 is 5.78 Å². The fourth-order valence-corrected chi connectivity index (χ4v) is 1.71. The highest BCUT2D eigenvalue weighted by atomic mass is 19.3. The molecule has 0 radical (unpaired) electrons. The van der Waals surface area contributed by atoms with E-state index in [2.05, 4.69) is 0 Å². The molecule has 0 unspecified atom stereocenters. The maximum absolute atomic E-state index is 13.1. The second kappa shape index (κ2) is 2.59. The highest BCUT2D eigenvalue weighted by Crippen LogP contribution is 2.37. The first-order valence-electron chi connectivity index (χ1n) is 4.14. The quantitative estimate of drug-likeness (QED) is 0.628. The lowest BCUT2D eigenvalue weighted by molar-refractivity contribution is 0.0165. The molecule has 4 heteroatoms. The van der Waals surface area contributed by atoms with Crippen molar-refractivity contribution in [2.24, 2.45) is 0 Å². The van der Waals surface area contributed by atoms with Crippen LogP contribution in [0.3, 0.4) is 0 Å². The van der Waals surface area contributed by atoms with Crippen molar-refractivity contribution in [1.29, 1.82) is 0 Å². The van der Waals surface area contributed by atoms with Crippen LogP contribution in [0.15, 0.2) is 12.1 Å². The van der Waals surface area contributed by atoms with E-state index in [0.29, 0.717) is 5.56 Å². The molecule has 0 aromatic heterocycles. The zero-order valence-corrected chi connectivity index (χ0v) is 7.40. The van der Waals surface area contributed by atoms with Gasteiger partial charge in [-0.2, -0.15) is 8.78 Å². The van der Waals surface area contributed by atoms with Gasteiger partial charge in [-0.25, -0.2) is 4.39 Å². The minimum Gasteiger partial charge on any atom is -0.287 e. The van der Waals surface area contributed by atoms with Crippen LogP contribution in [-0.4, -0.2) is 11.7 Å². The number of ketones is 1. The molecule has 0 amide bonds. The van der Waals surface area contributed by atoms with Crippen LogP contribution in [0.1, 0.15) is 21.5 Å². The van der Waals surface area contributed by atoms with Crippen molar-refractivity contribution in [2.45, 2.75) is 19.3 Å². The molecule has 0 aliphatic heterocycles. The number of hydrogen-bond donors (Lipinski definition) is 0. The summed E-state index contributed by atoms with van der Waals surface area (Å²) in [6.45, 7) is 1.53. The van der Waals surface area contributed by atoms with Gasteiger partial charge in [-0.05, 0) is 18.6 Å². The van der Waals surface area contributed by atoms with Crippen LogP contribution in [0.5, 0.6) is 0 Å². The fourth-order valence-electron chi connectivity index (χ4n) is 1.71. The first kappa shape index (κ1) is 9.24. The lowest BCUT2D eigenvalue weighted by Gasteiger charge is -2.03. The van der Waals surface area contributed by atoms with Crippen LogP contribution in [0.2, 0.25) is 0 Å². The summed E-state index contributed by atoms with van der Waals surface area (Å²) in [7, 11) is 0. The summed E-state index contributed by atoms with van der Waals surface area (Å²) in [5, 5.41) is 0. The maximum Gasteiger partial charge on any atom is 0.313 e. The molecule has 14 heavy (non-hydrogen) atoms. The van der Waals surface area contributed by atoms with E-state index >= 15 is 0 Å². The lowest BCUT2D eigenvalue weighted by atomic mass is 10.0. The van der Waals surface area contributed by atoms with Crippen LogP contribution in [-0.2, 0) is 6.42 Å². The number of rotatable bonds is 0.